The van der Waals surface area contributed by atoms with E-state index in [0.717, 1.165) is 0 Å². The van der Waals surface area contributed by atoms with Crippen molar-refractivity contribution in [3.05, 3.63) is 48.6 Å². The van der Waals surface area contributed by atoms with Gasteiger partial charge in [0.15, 0.2) is 0 Å². The summed E-state index contributed by atoms with van der Waals surface area (Å²) >= 11 is 0. The van der Waals surface area contributed by atoms with Crippen molar-refractivity contribution in [3.63, 3.8) is 0 Å². The lowest BCUT2D eigenvalue weighted by molar-refractivity contribution is -0.138. The summed E-state index contributed by atoms with van der Waals surface area (Å²) < 4.78 is 0. The van der Waals surface area contributed by atoms with Crippen LogP contribution in [0.15, 0.2) is 48.6 Å². The van der Waals surface area contributed by atoms with Crippen LogP contribution in [0.5, 0.6) is 0 Å². The number of aliphatic hydroxyl groups is 3. The molecule has 0 heterocycles. The van der Waals surface area contributed by atoms with Gasteiger partial charge >= 0.3 is 11.9 Å². The summed E-state index contributed by atoms with van der Waals surface area (Å²) in [5, 5.41) is 46.1. The van der Waals surface area contributed by atoms with Gasteiger partial charge in [-0.3, -0.25) is 9.59 Å². The molecule has 0 spiro atoms. The van der Waals surface area contributed by atoms with Gasteiger partial charge in [-0.1, -0.05) is 55.0 Å². The zero-order chi connectivity index (χ0) is 20.5. The highest BCUT2D eigenvalue weighted by Crippen LogP contribution is 2.08. The number of aliphatic carboxylic acids is 2. The van der Waals surface area contributed by atoms with Crippen LogP contribution in [0.2, 0.25) is 0 Å². The van der Waals surface area contributed by atoms with E-state index in [1.54, 1.807) is 42.5 Å². The van der Waals surface area contributed by atoms with E-state index in [4.69, 9.17) is 10.2 Å². The van der Waals surface area contributed by atoms with Crippen molar-refractivity contribution in [2.24, 2.45) is 0 Å². The lowest BCUT2D eigenvalue weighted by Crippen LogP contribution is -2.23. The molecule has 0 aromatic rings. The first-order chi connectivity index (χ1) is 12.8. The minimum Gasteiger partial charge on any atom is -0.481 e. The molecule has 0 aromatic heterocycles. The van der Waals surface area contributed by atoms with Crippen LogP contribution in [0.3, 0.4) is 0 Å². The van der Waals surface area contributed by atoms with Crippen LogP contribution in [0, 0.1) is 0 Å². The van der Waals surface area contributed by atoms with Crippen molar-refractivity contribution >= 4 is 11.9 Å². The van der Waals surface area contributed by atoms with Crippen LogP contribution in [0.25, 0.3) is 0 Å². The van der Waals surface area contributed by atoms with Gasteiger partial charge in [-0.2, -0.15) is 0 Å². The summed E-state index contributed by atoms with van der Waals surface area (Å²) in [5.41, 5.74) is 0. The van der Waals surface area contributed by atoms with Crippen molar-refractivity contribution in [2.45, 2.75) is 63.3 Å². The van der Waals surface area contributed by atoms with Crippen LogP contribution >= 0.6 is 0 Å². The third-order valence-electron chi connectivity index (χ3n) is 3.62. The molecule has 0 radical (unpaired) electrons. The van der Waals surface area contributed by atoms with E-state index < -0.39 is 30.3 Å². The molecule has 0 saturated carbocycles. The van der Waals surface area contributed by atoms with E-state index in [-0.39, 0.29) is 12.8 Å². The van der Waals surface area contributed by atoms with Crippen molar-refractivity contribution in [3.8, 4) is 0 Å². The van der Waals surface area contributed by atoms with E-state index >= 15 is 0 Å². The molecule has 0 aliphatic heterocycles. The highest BCUT2D eigenvalue weighted by atomic mass is 16.4. The second-order valence-electron chi connectivity index (χ2n) is 6.09. The normalized spacial score (nSPS) is 15.8. The van der Waals surface area contributed by atoms with Crippen LogP contribution < -0.4 is 0 Å². The Morgan fingerprint density at radius 2 is 1.19 bits per heavy atom. The maximum atomic E-state index is 10.4. The zero-order valence-corrected chi connectivity index (χ0v) is 15.4. The third kappa shape index (κ3) is 17.0. The van der Waals surface area contributed by atoms with Gasteiger partial charge in [0.05, 0.1) is 18.3 Å². The van der Waals surface area contributed by atoms with E-state index in [9.17, 15) is 24.9 Å². The molecule has 3 atom stereocenters. The fraction of sp³-hybridized carbons (Fsp3) is 0.500. The Bertz CT molecular complexity index is 534. The Hall–Kier alpha value is -2.22. The van der Waals surface area contributed by atoms with Gasteiger partial charge in [0, 0.05) is 12.8 Å². The second-order valence-corrected chi connectivity index (χ2v) is 6.09. The molecule has 7 heteroatoms. The van der Waals surface area contributed by atoms with Gasteiger partial charge in [-0.05, 0) is 25.7 Å². The molecule has 0 aliphatic carbocycles. The molecule has 5 N–H and O–H groups in total. The second kappa shape index (κ2) is 16.0. The van der Waals surface area contributed by atoms with Crippen molar-refractivity contribution < 1.29 is 35.1 Å². The van der Waals surface area contributed by atoms with E-state index in [1.165, 1.54) is 6.08 Å². The van der Waals surface area contributed by atoms with Crippen molar-refractivity contribution in [2.75, 3.05) is 0 Å². The third-order valence-corrected chi connectivity index (χ3v) is 3.62. The Morgan fingerprint density at radius 1 is 0.667 bits per heavy atom. The number of carboxylic acid groups (broad SMARTS) is 2. The zero-order valence-electron chi connectivity index (χ0n) is 15.4. The smallest absolute Gasteiger partial charge is 0.303 e. The molecule has 0 saturated heterocycles. The topological polar surface area (TPSA) is 135 Å². The van der Waals surface area contributed by atoms with E-state index in [2.05, 4.69) is 0 Å². The van der Waals surface area contributed by atoms with Crippen LogP contribution in [-0.2, 0) is 9.59 Å². The van der Waals surface area contributed by atoms with Crippen LogP contribution in [0.1, 0.15) is 44.9 Å². The summed E-state index contributed by atoms with van der Waals surface area (Å²) in [5.74, 6) is -1.74. The van der Waals surface area contributed by atoms with Crippen LogP contribution in [-0.4, -0.2) is 55.8 Å². The number of carboxylic acids is 2. The Labute approximate surface area is 159 Å². The predicted octanol–water partition coefficient (Wildman–Crippen LogP) is 2.19. The number of unbranched alkanes of at least 4 members (excludes halogenated alkanes) is 1. The molecule has 0 fully saturated rings. The average molecular weight is 382 g/mol. The van der Waals surface area contributed by atoms with Crippen molar-refractivity contribution in [1.29, 1.82) is 0 Å². The largest absolute Gasteiger partial charge is 0.481 e. The number of hydrogen-bond donors (Lipinski definition) is 5. The molecule has 7 nitrogen and oxygen atoms in total. The Balaban J connectivity index is 3.97. The Kier molecular flexibility index (Phi) is 14.7. The van der Waals surface area contributed by atoms with Gasteiger partial charge in [0.1, 0.15) is 0 Å². The molecule has 0 rings (SSSR count). The van der Waals surface area contributed by atoms with Gasteiger partial charge in [0.2, 0.25) is 0 Å². The highest BCUT2D eigenvalue weighted by molar-refractivity contribution is 5.66. The summed E-state index contributed by atoms with van der Waals surface area (Å²) in [4.78, 5) is 20.7. The van der Waals surface area contributed by atoms with E-state index in [0.29, 0.717) is 32.1 Å². The molecule has 27 heavy (non-hydrogen) atoms. The Morgan fingerprint density at radius 3 is 1.78 bits per heavy atom. The monoisotopic (exact) mass is 382 g/mol. The highest BCUT2D eigenvalue weighted by Gasteiger charge is 2.12. The van der Waals surface area contributed by atoms with Crippen LogP contribution in [0.4, 0.5) is 0 Å². The summed E-state index contributed by atoms with van der Waals surface area (Å²) in [7, 11) is 0. The molecule has 152 valence electrons. The number of allylic oxidation sites excluding steroid dienone is 6. The minimum atomic E-state index is -1.01. The molecule has 0 bridgehead atoms. The number of hydrogen-bond acceptors (Lipinski definition) is 5. The maximum Gasteiger partial charge on any atom is 0.303 e. The quantitative estimate of drug-likeness (QED) is 0.216. The molecule has 0 aliphatic rings. The predicted molar refractivity (Wildman–Crippen MR) is 102 cm³/mol. The number of carbonyl (C=O) groups is 2. The number of rotatable bonds is 15. The molecule has 0 amide bonds. The summed E-state index contributed by atoms with van der Waals surface area (Å²) in [6, 6.07) is 0. The van der Waals surface area contributed by atoms with E-state index in [1.807, 2.05) is 0 Å². The average Bonchev–Trinajstić information content (AvgIpc) is 2.60. The van der Waals surface area contributed by atoms with Gasteiger partial charge in [-0.15, -0.1) is 0 Å². The molecule has 0 aromatic carbocycles. The molecular formula is C20H30O7. The molecular weight excluding hydrogens is 352 g/mol. The first-order valence-electron chi connectivity index (χ1n) is 8.99. The fourth-order valence-electron chi connectivity index (χ4n) is 2.11. The molecule has 0 unspecified atom stereocenters. The summed E-state index contributed by atoms with van der Waals surface area (Å²) in [6.45, 7) is 0. The van der Waals surface area contributed by atoms with Gasteiger partial charge < -0.3 is 25.5 Å². The summed E-state index contributed by atoms with van der Waals surface area (Å²) in [6.07, 6.45) is 12.7. The number of aliphatic hydroxyl groups excluding tert-OH is 3. The standard InChI is InChI=1S/C20H30O7/c21-16(11-9-15-20(26)27)10-5-3-1-2-4-6-12-17(22)18(23)13-7-8-14-19(24)25/h1-6,10,12,16-18,21-23H,7-9,11,13-15H2,(H,24,25)(H,26,27)/b3-1-,4-2+,10-5+,12-6+/t16-,17-,18+/m1/s1. The first-order valence-corrected chi connectivity index (χ1v) is 8.99. The fourth-order valence-corrected chi connectivity index (χ4v) is 2.11. The first kappa shape index (κ1) is 24.8. The van der Waals surface area contributed by atoms with Crippen molar-refractivity contribution in [1.82, 2.24) is 0 Å². The minimum absolute atomic E-state index is 0.0404. The SMILES string of the molecule is O=C(O)CCCC[C@H](O)[C@H](O)/C=C/C=C/C=C\C=C\[C@@H](O)CCCC(=O)O. The maximum absolute atomic E-state index is 10.4. The lowest BCUT2D eigenvalue weighted by Gasteiger charge is -2.13. The lowest BCUT2D eigenvalue weighted by atomic mass is 10.1. The van der Waals surface area contributed by atoms with Gasteiger partial charge in [0.25, 0.3) is 0 Å². The van der Waals surface area contributed by atoms with Gasteiger partial charge in [-0.25, -0.2) is 0 Å².